The lowest BCUT2D eigenvalue weighted by Gasteiger charge is -2.08. The van der Waals surface area contributed by atoms with Crippen molar-refractivity contribution < 1.29 is 23.9 Å². The molecule has 0 saturated heterocycles. The standard InChI is InChI=1S/C14H20N2O5/c1-10(14(19)20)3-2-6-15-12(17)4-7-16-13(18)11-5-8-21-9-11/h5,8-10H,2-4,6-7H2,1H3,(H,15,17)(H,16,18)(H,19,20). The Hall–Kier alpha value is -2.31. The highest BCUT2D eigenvalue weighted by atomic mass is 16.4. The minimum absolute atomic E-state index is 0.175. The van der Waals surface area contributed by atoms with Gasteiger partial charge in [0.2, 0.25) is 5.91 Å². The average molecular weight is 296 g/mol. The van der Waals surface area contributed by atoms with Gasteiger partial charge >= 0.3 is 5.97 Å². The van der Waals surface area contributed by atoms with Crippen LogP contribution >= 0.6 is 0 Å². The smallest absolute Gasteiger partial charge is 0.306 e. The topological polar surface area (TPSA) is 109 Å². The predicted molar refractivity (Wildman–Crippen MR) is 74.7 cm³/mol. The van der Waals surface area contributed by atoms with Crippen molar-refractivity contribution in [1.82, 2.24) is 10.6 Å². The molecule has 7 nitrogen and oxygen atoms in total. The fourth-order valence-electron chi connectivity index (χ4n) is 1.63. The molecule has 0 spiro atoms. The van der Waals surface area contributed by atoms with Gasteiger partial charge in [-0.25, -0.2) is 0 Å². The van der Waals surface area contributed by atoms with E-state index >= 15 is 0 Å². The normalized spacial score (nSPS) is 11.7. The van der Waals surface area contributed by atoms with Crippen molar-refractivity contribution >= 4 is 17.8 Å². The molecule has 1 heterocycles. The zero-order valence-corrected chi connectivity index (χ0v) is 11.9. The monoisotopic (exact) mass is 296 g/mol. The van der Waals surface area contributed by atoms with E-state index in [-0.39, 0.29) is 24.8 Å². The number of hydrogen-bond acceptors (Lipinski definition) is 4. The Morgan fingerprint density at radius 1 is 1.29 bits per heavy atom. The Morgan fingerprint density at radius 3 is 2.67 bits per heavy atom. The SMILES string of the molecule is CC(CCCNC(=O)CCNC(=O)c1ccoc1)C(=O)O. The zero-order chi connectivity index (χ0) is 15.7. The third kappa shape index (κ3) is 6.60. The summed E-state index contributed by atoms with van der Waals surface area (Å²) in [6.07, 6.45) is 4.05. The molecule has 0 saturated carbocycles. The van der Waals surface area contributed by atoms with E-state index in [1.54, 1.807) is 13.0 Å². The summed E-state index contributed by atoms with van der Waals surface area (Å²) < 4.78 is 4.78. The van der Waals surface area contributed by atoms with E-state index in [1.165, 1.54) is 12.5 Å². The number of furan rings is 1. The molecule has 0 aliphatic rings. The minimum Gasteiger partial charge on any atom is -0.481 e. The summed E-state index contributed by atoms with van der Waals surface area (Å²) in [7, 11) is 0. The molecular weight excluding hydrogens is 276 g/mol. The van der Waals surface area contributed by atoms with E-state index in [9.17, 15) is 14.4 Å². The molecule has 2 amide bonds. The molecule has 1 aromatic rings. The van der Waals surface area contributed by atoms with Gasteiger partial charge in [-0.05, 0) is 18.9 Å². The second-order valence-electron chi connectivity index (χ2n) is 4.75. The van der Waals surface area contributed by atoms with Crippen molar-refractivity contribution in [2.24, 2.45) is 5.92 Å². The van der Waals surface area contributed by atoms with Crippen LogP contribution < -0.4 is 10.6 Å². The quantitative estimate of drug-likeness (QED) is 0.589. The maximum absolute atomic E-state index is 11.5. The highest BCUT2D eigenvalue weighted by molar-refractivity contribution is 5.94. The summed E-state index contributed by atoms with van der Waals surface area (Å²) in [5.41, 5.74) is 0.415. The zero-order valence-electron chi connectivity index (χ0n) is 11.9. The van der Waals surface area contributed by atoms with Gasteiger partial charge in [-0.1, -0.05) is 6.92 Å². The fraction of sp³-hybridized carbons (Fsp3) is 0.500. The Kier molecular flexibility index (Phi) is 7.00. The molecule has 1 aromatic heterocycles. The molecule has 0 bridgehead atoms. The first-order chi connectivity index (χ1) is 10.0. The van der Waals surface area contributed by atoms with Crippen LogP contribution in [0.5, 0.6) is 0 Å². The summed E-state index contributed by atoms with van der Waals surface area (Å²) in [5, 5.41) is 14.0. The Labute approximate surface area is 122 Å². The van der Waals surface area contributed by atoms with Gasteiger partial charge in [0.25, 0.3) is 5.91 Å². The van der Waals surface area contributed by atoms with Crippen LogP contribution in [0.1, 0.15) is 36.5 Å². The maximum Gasteiger partial charge on any atom is 0.306 e. The van der Waals surface area contributed by atoms with Crippen LogP contribution in [0.2, 0.25) is 0 Å². The molecule has 1 atom stereocenters. The van der Waals surface area contributed by atoms with Crippen molar-refractivity contribution in [2.75, 3.05) is 13.1 Å². The third-order valence-electron chi connectivity index (χ3n) is 2.98. The molecule has 116 valence electrons. The predicted octanol–water partition coefficient (Wildman–Crippen LogP) is 1.02. The highest BCUT2D eigenvalue weighted by Crippen LogP contribution is 2.04. The van der Waals surface area contributed by atoms with Crippen LogP contribution in [0.4, 0.5) is 0 Å². The van der Waals surface area contributed by atoms with E-state index in [0.717, 1.165) is 0 Å². The molecule has 1 rings (SSSR count). The van der Waals surface area contributed by atoms with Crippen molar-refractivity contribution in [2.45, 2.75) is 26.2 Å². The first kappa shape index (κ1) is 16.7. The van der Waals surface area contributed by atoms with E-state index < -0.39 is 11.9 Å². The highest BCUT2D eigenvalue weighted by Gasteiger charge is 2.10. The summed E-state index contributed by atoms with van der Waals surface area (Å²) in [6.45, 7) is 2.31. The number of nitrogens with one attached hydrogen (secondary N) is 2. The van der Waals surface area contributed by atoms with Gasteiger partial charge in [0.1, 0.15) is 6.26 Å². The molecule has 0 aliphatic heterocycles. The second kappa shape index (κ2) is 8.78. The number of amides is 2. The first-order valence-corrected chi connectivity index (χ1v) is 6.80. The average Bonchev–Trinajstić information content (AvgIpc) is 2.97. The van der Waals surface area contributed by atoms with Crippen LogP contribution in [-0.4, -0.2) is 36.0 Å². The van der Waals surface area contributed by atoms with Crippen molar-refractivity contribution in [1.29, 1.82) is 0 Å². The lowest BCUT2D eigenvalue weighted by atomic mass is 10.1. The number of carbonyl (C=O) groups excluding carboxylic acids is 2. The van der Waals surface area contributed by atoms with E-state index in [1.807, 2.05) is 0 Å². The van der Waals surface area contributed by atoms with Gasteiger partial charge in [0, 0.05) is 19.5 Å². The van der Waals surface area contributed by atoms with Gasteiger partial charge in [0.05, 0.1) is 17.7 Å². The van der Waals surface area contributed by atoms with Gasteiger partial charge < -0.3 is 20.2 Å². The molecule has 0 aliphatic carbocycles. The van der Waals surface area contributed by atoms with Crippen molar-refractivity contribution in [3.8, 4) is 0 Å². The summed E-state index contributed by atoms with van der Waals surface area (Å²) in [6, 6.07) is 1.54. The summed E-state index contributed by atoms with van der Waals surface area (Å²) in [4.78, 5) is 33.6. The van der Waals surface area contributed by atoms with E-state index in [2.05, 4.69) is 10.6 Å². The van der Waals surface area contributed by atoms with Crippen LogP contribution in [0.3, 0.4) is 0 Å². The molecule has 3 N–H and O–H groups in total. The third-order valence-corrected chi connectivity index (χ3v) is 2.98. The van der Waals surface area contributed by atoms with Gasteiger partial charge in [-0.15, -0.1) is 0 Å². The lowest BCUT2D eigenvalue weighted by Crippen LogP contribution is -2.31. The molecule has 7 heteroatoms. The number of rotatable bonds is 9. The second-order valence-corrected chi connectivity index (χ2v) is 4.75. The maximum atomic E-state index is 11.5. The van der Waals surface area contributed by atoms with Crippen LogP contribution in [0, 0.1) is 5.92 Å². The van der Waals surface area contributed by atoms with Gasteiger partial charge in [-0.2, -0.15) is 0 Å². The number of carboxylic acid groups (broad SMARTS) is 1. The van der Waals surface area contributed by atoms with E-state index in [4.69, 9.17) is 9.52 Å². The molecule has 21 heavy (non-hydrogen) atoms. The number of carboxylic acids is 1. The van der Waals surface area contributed by atoms with Gasteiger partial charge in [0.15, 0.2) is 0 Å². The van der Waals surface area contributed by atoms with Gasteiger partial charge in [-0.3, -0.25) is 14.4 Å². The Morgan fingerprint density at radius 2 is 2.05 bits per heavy atom. The molecule has 0 fully saturated rings. The van der Waals surface area contributed by atoms with Crippen molar-refractivity contribution in [3.63, 3.8) is 0 Å². The molecular formula is C14H20N2O5. The fourth-order valence-corrected chi connectivity index (χ4v) is 1.63. The summed E-state index contributed by atoms with van der Waals surface area (Å²) in [5.74, 6) is -1.70. The van der Waals surface area contributed by atoms with E-state index in [0.29, 0.717) is 24.9 Å². The van der Waals surface area contributed by atoms with Crippen LogP contribution in [0.15, 0.2) is 23.0 Å². The van der Waals surface area contributed by atoms with Crippen LogP contribution in [-0.2, 0) is 9.59 Å². The molecule has 0 aromatic carbocycles. The Bertz CT molecular complexity index is 470. The van der Waals surface area contributed by atoms with Crippen LogP contribution in [0.25, 0.3) is 0 Å². The lowest BCUT2D eigenvalue weighted by molar-refractivity contribution is -0.141. The minimum atomic E-state index is -0.830. The summed E-state index contributed by atoms with van der Waals surface area (Å²) >= 11 is 0. The van der Waals surface area contributed by atoms with Crippen molar-refractivity contribution in [3.05, 3.63) is 24.2 Å². The molecule has 1 unspecified atom stereocenters. The number of carbonyl (C=O) groups is 3. The number of aliphatic carboxylic acids is 1. The molecule has 0 radical (unpaired) electrons. The Balaban J connectivity index is 2.06. The number of hydrogen-bond donors (Lipinski definition) is 3. The first-order valence-electron chi connectivity index (χ1n) is 6.80. The largest absolute Gasteiger partial charge is 0.481 e.